The van der Waals surface area contributed by atoms with Crippen molar-refractivity contribution in [2.24, 2.45) is 5.10 Å². The third-order valence-corrected chi connectivity index (χ3v) is 3.27. The van der Waals surface area contributed by atoms with Gasteiger partial charge in [-0.15, -0.1) is 0 Å². The highest BCUT2D eigenvalue weighted by atomic mass is 16.5. The fourth-order valence-electron chi connectivity index (χ4n) is 2.22. The summed E-state index contributed by atoms with van der Waals surface area (Å²) in [6.45, 7) is 0.735. The van der Waals surface area contributed by atoms with E-state index in [1.807, 2.05) is 41.6 Å². The molecule has 2 aromatic rings. The number of anilines is 1. The van der Waals surface area contributed by atoms with Crippen molar-refractivity contribution < 1.29 is 4.74 Å². The van der Waals surface area contributed by atoms with Crippen LogP contribution in [0.3, 0.4) is 0 Å². The smallest absolute Gasteiger partial charge is 0.118 e. The molecule has 1 aliphatic rings. The average molecular weight is 264 g/mol. The highest BCUT2D eigenvalue weighted by molar-refractivity contribution is 5.84. The molecule has 20 heavy (non-hydrogen) atoms. The van der Waals surface area contributed by atoms with Gasteiger partial charge in [0.1, 0.15) is 5.75 Å². The molecular weight excluding hydrogens is 248 g/mol. The first-order chi connectivity index (χ1) is 9.86. The molecule has 0 saturated heterocycles. The molecule has 0 radical (unpaired) electrons. The normalized spacial score (nSPS) is 12.9. The van der Waals surface area contributed by atoms with Gasteiger partial charge in [0.05, 0.1) is 19.3 Å². The quantitative estimate of drug-likeness (QED) is 0.844. The number of methoxy groups -OCH3 is 1. The van der Waals surface area contributed by atoms with Crippen LogP contribution in [0.2, 0.25) is 0 Å². The summed E-state index contributed by atoms with van der Waals surface area (Å²) in [5.74, 6) is 0.871. The lowest BCUT2D eigenvalue weighted by Crippen LogP contribution is -2.16. The molecule has 0 fully saturated rings. The molecular formula is C17H16N2O. The number of nitrogens with zero attached hydrogens (tertiary/aromatic N) is 2. The minimum Gasteiger partial charge on any atom is -0.497 e. The van der Waals surface area contributed by atoms with E-state index < -0.39 is 0 Å². The second kappa shape index (κ2) is 5.61. The van der Waals surface area contributed by atoms with Crippen molar-refractivity contribution in [3.8, 4) is 5.75 Å². The summed E-state index contributed by atoms with van der Waals surface area (Å²) in [5, 5.41) is 6.50. The van der Waals surface area contributed by atoms with Gasteiger partial charge in [0.15, 0.2) is 0 Å². The van der Waals surface area contributed by atoms with Crippen molar-refractivity contribution in [1.29, 1.82) is 0 Å². The molecule has 0 saturated carbocycles. The van der Waals surface area contributed by atoms with Crippen molar-refractivity contribution in [2.75, 3.05) is 12.1 Å². The molecule has 0 unspecified atom stereocenters. The first-order valence-electron chi connectivity index (χ1n) is 6.57. The minimum absolute atomic E-state index is 0.735. The van der Waals surface area contributed by atoms with Crippen LogP contribution < -0.4 is 9.75 Å². The number of hydrogen-bond donors (Lipinski definition) is 0. The van der Waals surface area contributed by atoms with Crippen molar-refractivity contribution in [3.63, 3.8) is 0 Å². The number of para-hydroxylation sites is 1. The fraction of sp³-hybridized carbons (Fsp3) is 0.118. The topological polar surface area (TPSA) is 24.8 Å². The summed E-state index contributed by atoms with van der Waals surface area (Å²) in [4.78, 5) is 0. The number of fused-ring (bicyclic) bond motifs is 1. The highest BCUT2D eigenvalue weighted by Gasteiger charge is 2.10. The Balaban J connectivity index is 1.87. The van der Waals surface area contributed by atoms with Gasteiger partial charge in [-0.05, 0) is 35.4 Å². The Bertz CT molecular complexity index is 644. The second-order valence-corrected chi connectivity index (χ2v) is 4.59. The Hall–Kier alpha value is -2.55. The Morgan fingerprint density at radius 3 is 2.65 bits per heavy atom. The molecule has 3 heteroatoms. The van der Waals surface area contributed by atoms with Crippen LogP contribution in [-0.4, -0.2) is 13.3 Å². The fourth-order valence-corrected chi connectivity index (χ4v) is 2.22. The van der Waals surface area contributed by atoms with E-state index in [-0.39, 0.29) is 0 Å². The molecule has 0 amide bonds. The van der Waals surface area contributed by atoms with Gasteiger partial charge in [-0.2, -0.15) is 5.10 Å². The van der Waals surface area contributed by atoms with E-state index in [4.69, 9.17) is 4.74 Å². The predicted molar refractivity (Wildman–Crippen MR) is 83.1 cm³/mol. The summed E-state index contributed by atoms with van der Waals surface area (Å²) in [5.41, 5.74) is 3.49. The van der Waals surface area contributed by atoms with Crippen molar-refractivity contribution in [2.45, 2.75) is 6.54 Å². The Morgan fingerprint density at radius 2 is 1.85 bits per heavy atom. The average Bonchev–Trinajstić information content (AvgIpc) is 2.71. The van der Waals surface area contributed by atoms with Crippen LogP contribution in [0, 0.1) is 0 Å². The van der Waals surface area contributed by atoms with E-state index in [0.29, 0.717) is 0 Å². The van der Waals surface area contributed by atoms with Crippen LogP contribution >= 0.6 is 0 Å². The maximum atomic E-state index is 5.18. The summed E-state index contributed by atoms with van der Waals surface area (Å²) in [6.07, 6.45) is 5.86. The molecule has 0 spiro atoms. The van der Waals surface area contributed by atoms with Gasteiger partial charge >= 0.3 is 0 Å². The Morgan fingerprint density at radius 1 is 1.05 bits per heavy atom. The van der Waals surface area contributed by atoms with E-state index in [1.54, 1.807) is 7.11 Å². The lowest BCUT2D eigenvalue weighted by Gasteiger charge is -2.20. The SMILES string of the molecule is COc1ccc(CN2N=CC=Cc3ccccc32)cc1. The molecule has 1 aliphatic heterocycles. The first-order valence-corrected chi connectivity index (χ1v) is 6.57. The minimum atomic E-state index is 0.735. The predicted octanol–water partition coefficient (Wildman–Crippen LogP) is 3.71. The van der Waals surface area contributed by atoms with Gasteiger partial charge in [-0.3, -0.25) is 5.01 Å². The lowest BCUT2D eigenvalue weighted by molar-refractivity contribution is 0.414. The third-order valence-electron chi connectivity index (χ3n) is 3.27. The summed E-state index contributed by atoms with van der Waals surface area (Å²) >= 11 is 0. The highest BCUT2D eigenvalue weighted by Crippen LogP contribution is 2.25. The number of ether oxygens (including phenoxy) is 1. The monoisotopic (exact) mass is 264 g/mol. The largest absolute Gasteiger partial charge is 0.497 e. The molecule has 100 valence electrons. The number of hydrazone groups is 1. The summed E-state index contributed by atoms with van der Waals surface area (Å²) in [7, 11) is 1.68. The van der Waals surface area contributed by atoms with Gasteiger partial charge < -0.3 is 4.74 Å². The summed E-state index contributed by atoms with van der Waals surface area (Å²) in [6, 6.07) is 16.3. The Labute approximate surface area is 118 Å². The van der Waals surface area contributed by atoms with Gasteiger partial charge in [0, 0.05) is 6.21 Å². The zero-order chi connectivity index (χ0) is 13.8. The van der Waals surface area contributed by atoms with Crippen LogP contribution in [-0.2, 0) is 6.54 Å². The molecule has 3 nitrogen and oxygen atoms in total. The lowest BCUT2D eigenvalue weighted by atomic mass is 10.1. The molecule has 1 heterocycles. The van der Waals surface area contributed by atoms with E-state index in [2.05, 4.69) is 35.4 Å². The standard InChI is InChI=1S/C17H16N2O/c1-20-16-10-8-14(9-11-16)13-19-17-7-3-2-5-15(17)6-4-12-18-19/h2-12H,13H2,1H3. The zero-order valence-corrected chi connectivity index (χ0v) is 11.4. The van der Waals surface area contributed by atoms with E-state index in [1.165, 1.54) is 11.1 Å². The van der Waals surface area contributed by atoms with Crippen molar-refractivity contribution >= 4 is 18.0 Å². The first kappa shape index (κ1) is 12.5. The van der Waals surface area contributed by atoms with Crippen LogP contribution in [0.4, 0.5) is 5.69 Å². The van der Waals surface area contributed by atoms with Crippen LogP contribution in [0.25, 0.3) is 6.08 Å². The molecule has 3 rings (SSSR count). The van der Waals surface area contributed by atoms with E-state index in [0.717, 1.165) is 18.0 Å². The molecule has 0 atom stereocenters. The van der Waals surface area contributed by atoms with Crippen molar-refractivity contribution in [3.05, 3.63) is 65.7 Å². The van der Waals surface area contributed by atoms with Crippen LogP contribution in [0.1, 0.15) is 11.1 Å². The maximum Gasteiger partial charge on any atom is 0.118 e. The van der Waals surface area contributed by atoms with Gasteiger partial charge in [-0.25, -0.2) is 0 Å². The molecule has 2 aromatic carbocycles. The number of benzene rings is 2. The second-order valence-electron chi connectivity index (χ2n) is 4.59. The summed E-state index contributed by atoms with van der Waals surface area (Å²) < 4.78 is 5.18. The number of hydrogen-bond acceptors (Lipinski definition) is 3. The number of allylic oxidation sites excluding steroid dienone is 1. The third kappa shape index (κ3) is 2.57. The molecule has 0 aromatic heterocycles. The van der Waals surface area contributed by atoms with E-state index >= 15 is 0 Å². The van der Waals surface area contributed by atoms with E-state index in [9.17, 15) is 0 Å². The van der Waals surface area contributed by atoms with Crippen LogP contribution in [0.15, 0.2) is 59.7 Å². The zero-order valence-electron chi connectivity index (χ0n) is 11.4. The Kier molecular flexibility index (Phi) is 3.50. The molecule has 0 N–H and O–H groups in total. The molecule has 0 bridgehead atoms. The van der Waals surface area contributed by atoms with Crippen LogP contribution in [0.5, 0.6) is 5.75 Å². The van der Waals surface area contributed by atoms with Crippen molar-refractivity contribution in [1.82, 2.24) is 0 Å². The van der Waals surface area contributed by atoms with Gasteiger partial charge in [-0.1, -0.05) is 36.4 Å². The molecule has 0 aliphatic carbocycles. The van der Waals surface area contributed by atoms with Gasteiger partial charge in [0.2, 0.25) is 0 Å². The maximum absolute atomic E-state index is 5.18. The van der Waals surface area contributed by atoms with Gasteiger partial charge in [0.25, 0.3) is 0 Å². The number of rotatable bonds is 3.